The van der Waals surface area contributed by atoms with Gasteiger partial charge in [-0.15, -0.1) is 0 Å². The first kappa shape index (κ1) is 11.3. The molecule has 2 nitrogen and oxygen atoms in total. The van der Waals surface area contributed by atoms with Gasteiger partial charge < -0.3 is 10.1 Å². The Morgan fingerprint density at radius 2 is 1.87 bits per heavy atom. The van der Waals surface area contributed by atoms with Gasteiger partial charge in [0.05, 0.1) is 10.0 Å². The van der Waals surface area contributed by atoms with E-state index in [1.165, 1.54) is 0 Å². The summed E-state index contributed by atoms with van der Waals surface area (Å²) in [6.45, 7) is 1.79. The van der Waals surface area contributed by atoms with Gasteiger partial charge in [0.2, 0.25) is 0 Å². The zero-order valence-corrected chi connectivity index (χ0v) is 10.2. The number of ether oxygens (including phenoxy) is 1. The molecule has 0 radical (unpaired) electrons. The third-order valence-electron chi connectivity index (χ3n) is 2.26. The predicted molar refractivity (Wildman–Crippen MR) is 63.4 cm³/mol. The van der Waals surface area contributed by atoms with E-state index >= 15 is 0 Å². The van der Waals surface area contributed by atoms with E-state index in [-0.39, 0.29) is 6.10 Å². The molecule has 1 aromatic rings. The molecule has 1 saturated heterocycles. The molecule has 1 aromatic carbocycles. The summed E-state index contributed by atoms with van der Waals surface area (Å²) in [5.74, 6) is 0.524. The Morgan fingerprint density at radius 3 is 2.40 bits per heavy atom. The maximum atomic E-state index is 6.00. The van der Waals surface area contributed by atoms with Crippen LogP contribution in [-0.2, 0) is 0 Å². The van der Waals surface area contributed by atoms with Crippen molar-refractivity contribution in [1.82, 2.24) is 5.32 Å². The number of nitrogens with one attached hydrogen (secondary N) is 1. The molecule has 15 heavy (non-hydrogen) atoms. The molecule has 82 valence electrons. The second-order valence-corrected chi connectivity index (χ2v) is 4.68. The van der Waals surface area contributed by atoms with E-state index < -0.39 is 0 Å². The summed E-state index contributed by atoms with van der Waals surface area (Å²) in [5, 5.41) is 4.64. The molecular weight excluding hydrogens is 256 g/mol. The smallest absolute Gasteiger partial charge is 0.157 e. The van der Waals surface area contributed by atoms with Crippen LogP contribution in [0.2, 0.25) is 15.1 Å². The average Bonchev–Trinajstić information content (AvgIpc) is 2.63. The van der Waals surface area contributed by atoms with Crippen molar-refractivity contribution < 1.29 is 4.74 Å². The van der Waals surface area contributed by atoms with Crippen molar-refractivity contribution in [3.05, 3.63) is 27.2 Å². The van der Waals surface area contributed by atoms with Gasteiger partial charge in [0, 0.05) is 11.6 Å². The Morgan fingerprint density at radius 1 is 1.20 bits per heavy atom. The lowest BCUT2D eigenvalue weighted by Crippen LogP contribution is -2.19. The maximum Gasteiger partial charge on any atom is 0.157 e. The Labute approximate surface area is 103 Å². The first-order valence-corrected chi connectivity index (χ1v) is 5.82. The Hall–Kier alpha value is -0.150. The lowest BCUT2D eigenvalue weighted by molar-refractivity contribution is 0.223. The Balaban J connectivity index is 2.19. The minimum Gasteiger partial charge on any atom is -0.486 e. The van der Waals surface area contributed by atoms with E-state index in [1.54, 1.807) is 12.1 Å². The molecule has 5 heteroatoms. The minimum absolute atomic E-state index is 0.140. The molecule has 1 aliphatic rings. The molecule has 1 atom stereocenters. The lowest BCUT2D eigenvalue weighted by Gasteiger charge is -2.15. The summed E-state index contributed by atoms with van der Waals surface area (Å²) in [6, 6.07) is 3.26. The van der Waals surface area contributed by atoms with Crippen molar-refractivity contribution in [3.63, 3.8) is 0 Å². The molecule has 1 heterocycles. The second kappa shape index (κ2) is 4.79. The topological polar surface area (TPSA) is 21.3 Å². The van der Waals surface area contributed by atoms with Gasteiger partial charge in [0.15, 0.2) is 5.75 Å². The quantitative estimate of drug-likeness (QED) is 0.886. The van der Waals surface area contributed by atoms with E-state index in [9.17, 15) is 0 Å². The van der Waals surface area contributed by atoms with Crippen LogP contribution in [0.5, 0.6) is 5.75 Å². The molecular formula is C10H10Cl3NO. The van der Waals surface area contributed by atoms with Crippen LogP contribution in [0.3, 0.4) is 0 Å². The van der Waals surface area contributed by atoms with E-state index in [1.807, 2.05) is 0 Å². The largest absolute Gasteiger partial charge is 0.486 e. The van der Waals surface area contributed by atoms with E-state index in [2.05, 4.69) is 5.32 Å². The lowest BCUT2D eigenvalue weighted by atomic mass is 10.3. The SMILES string of the molecule is Clc1cc(Cl)c(O[C@@H]2CCNC2)c(Cl)c1. The highest BCUT2D eigenvalue weighted by molar-refractivity contribution is 6.40. The van der Waals surface area contributed by atoms with Crippen LogP contribution >= 0.6 is 34.8 Å². The molecule has 0 amide bonds. The van der Waals surface area contributed by atoms with E-state index in [0.29, 0.717) is 20.8 Å². The van der Waals surface area contributed by atoms with Crippen LogP contribution in [0.15, 0.2) is 12.1 Å². The average molecular weight is 267 g/mol. The van der Waals surface area contributed by atoms with Crippen LogP contribution < -0.4 is 10.1 Å². The zero-order chi connectivity index (χ0) is 10.8. The fourth-order valence-electron chi connectivity index (χ4n) is 1.54. The van der Waals surface area contributed by atoms with Gasteiger partial charge in [-0.1, -0.05) is 34.8 Å². The number of halogens is 3. The summed E-state index contributed by atoms with van der Waals surface area (Å²) in [4.78, 5) is 0. The van der Waals surface area contributed by atoms with Crippen LogP contribution in [0, 0.1) is 0 Å². The predicted octanol–water partition coefficient (Wildman–Crippen LogP) is 3.39. The molecule has 1 fully saturated rings. The third-order valence-corrected chi connectivity index (χ3v) is 3.04. The Bertz CT molecular complexity index is 341. The van der Waals surface area contributed by atoms with Crippen LogP contribution in [0.4, 0.5) is 0 Å². The molecule has 1 aliphatic heterocycles. The maximum absolute atomic E-state index is 6.00. The molecule has 0 spiro atoms. The number of benzene rings is 1. The van der Waals surface area contributed by atoms with Crippen molar-refractivity contribution in [2.75, 3.05) is 13.1 Å². The number of hydrogen-bond acceptors (Lipinski definition) is 2. The summed E-state index contributed by atoms with van der Waals surface area (Å²) >= 11 is 17.8. The highest BCUT2D eigenvalue weighted by atomic mass is 35.5. The zero-order valence-electron chi connectivity index (χ0n) is 7.90. The van der Waals surface area contributed by atoms with Gasteiger partial charge in [0.25, 0.3) is 0 Å². The highest BCUT2D eigenvalue weighted by Gasteiger charge is 2.19. The third kappa shape index (κ3) is 2.70. The summed E-state index contributed by atoms with van der Waals surface area (Å²) in [7, 11) is 0. The molecule has 0 saturated carbocycles. The van der Waals surface area contributed by atoms with Crippen molar-refractivity contribution in [1.29, 1.82) is 0 Å². The summed E-state index contributed by atoms with van der Waals surface area (Å²) in [5.41, 5.74) is 0. The van der Waals surface area contributed by atoms with Gasteiger partial charge in [-0.2, -0.15) is 0 Å². The van der Waals surface area contributed by atoms with Crippen molar-refractivity contribution in [3.8, 4) is 5.75 Å². The normalized spacial score (nSPS) is 20.6. The fraction of sp³-hybridized carbons (Fsp3) is 0.400. The first-order chi connectivity index (χ1) is 7.16. The molecule has 2 rings (SSSR count). The van der Waals surface area contributed by atoms with Gasteiger partial charge in [0.1, 0.15) is 6.10 Å². The molecule has 0 aliphatic carbocycles. The van der Waals surface area contributed by atoms with Crippen molar-refractivity contribution in [2.45, 2.75) is 12.5 Å². The highest BCUT2D eigenvalue weighted by Crippen LogP contribution is 2.36. The van der Waals surface area contributed by atoms with Gasteiger partial charge in [-0.25, -0.2) is 0 Å². The van der Waals surface area contributed by atoms with E-state index in [4.69, 9.17) is 39.5 Å². The minimum atomic E-state index is 0.140. The van der Waals surface area contributed by atoms with Gasteiger partial charge in [-0.3, -0.25) is 0 Å². The van der Waals surface area contributed by atoms with Crippen LogP contribution in [-0.4, -0.2) is 19.2 Å². The first-order valence-electron chi connectivity index (χ1n) is 4.69. The monoisotopic (exact) mass is 265 g/mol. The van der Waals surface area contributed by atoms with Crippen molar-refractivity contribution >= 4 is 34.8 Å². The van der Waals surface area contributed by atoms with Crippen LogP contribution in [0.1, 0.15) is 6.42 Å². The van der Waals surface area contributed by atoms with Crippen molar-refractivity contribution in [2.24, 2.45) is 0 Å². The Kier molecular flexibility index (Phi) is 3.62. The summed E-state index contributed by atoms with van der Waals surface area (Å²) < 4.78 is 5.71. The molecule has 0 aromatic heterocycles. The van der Waals surface area contributed by atoms with Crippen LogP contribution in [0.25, 0.3) is 0 Å². The molecule has 1 N–H and O–H groups in total. The summed E-state index contributed by atoms with van der Waals surface area (Å²) in [6.07, 6.45) is 1.11. The van der Waals surface area contributed by atoms with Gasteiger partial charge >= 0.3 is 0 Å². The number of hydrogen-bond donors (Lipinski definition) is 1. The van der Waals surface area contributed by atoms with Gasteiger partial charge in [-0.05, 0) is 25.1 Å². The van der Waals surface area contributed by atoms with E-state index in [0.717, 1.165) is 19.5 Å². The second-order valence-electron chi connectivity index (χ2n) is 3.43. The molecule has 0 unspecified atom stereocenters. The number of rotatable bonds is 2. The fourth-order valence-corrected chi connectivity index (χ4v) is 2.44. The standard InChI is InChI=1S/C10H10Cl3NO/c11-6-3-8(12)10(9(13)4-6)15-7-1-2-14-5-7/h3-4,7,14H,1-2,5H2/t7-/m1/s1. The molecule has 0 bridgehead atoms.